The van der Waals surface area contributed by atoms with Gasteiger partial charge in [0.2, 0.25) is 0 Å². The van der Waals surface area contributed by atoms with Crippen molar-refractivity contribution in [3.05, 3.63) is 58.6 Å². The summed E-state index contributed by atoms with van der Waals surface area (Å²) >= 11 is 0. The van der Waals surface area contributed by atoms with Gasteiger partial charge in [0.1, 0.15) is 0 Å². The minimum atomic E-state index is -0.433. The normalized spacial score (nSPS) is 11.8. The molecule has 26 heavy (non-hydrogen) atoms. The van der Waals surface area contributed by atoms with Crippen LogP contribution >= 0.6 is 0 Å². The van der Waals surface area contributed by atoms with Crippen LogP contribution in [0.15, 0.2) is 51.7 Å². The summed E-state index contributed by atoms with van der Waals surface area (Å²) in [4.78, 5) is 23.7. The van der Waals surface area contributed by atoms with Crippen molar-refractivity contribution in [3.8, 4) is 0 Å². The van der Waals surface area contributed by atoms with Gasteiger partial charge in [-0.15, -0.1) is 0 Å². The van der Waals surface area contributed by atoms with E-state index in [9.17, 15) is 9.59 Å². The summed E-state index contributed by atoms with van der Waals surface area (Å²) in [5.41, 5.74) is 1.60. The van der Waals surface area contributed by atoms with Crippen LogP contribution in [-0.2, 0) is 7.05 Å². The van der Waals surface area contributed by atoms with E-state index in [1.807, 2.05) is 18.2 Å². The Labute approximate surface area is 154 Å². The summed E-state index contributed by atoms with van der Waals surface area (Å²) in [6.45, 7) is 2.68. The number of hydrogen-bond acceptors (Lipinski definition) is 3. The van der Waals surface area contributed by atoms with Gasteiger partial charge in [-0.05, 0) is 31.0 Å². The maximum absolute atomic E-state index is 12.2. The van der Waals surface area contributed by atoms with Gasteiger partial charge in [-0.1, -0.05) is 56.9 Å². The lowest BCUT2D eigenvalue weighted by molar-refractivity contribution is 0.0958. The van der Waals surface area contributed by atoms with E-state index in [2.05, 4.69) is 18.3 Å². The Balaban J connectivity index is 1.73. The van der Waals surface area contributed by atoms with E-state index in [1.54, 1.807) is 25.2 Å². The minimum Gasteiger partial charge on any atom is -0.408 e. The van der Waals surface area contributed by atoms with E-state index in [-0.39, 0.29) is 5.91 Å². The van der Waals surface area contributed by atoms with Crippen LogP contribution in [0.2, 0.25) is 0 Å². The molecular formula is C21H28N2O3. The van der Waals surface area contributed by atoms with Crippen LogP contribution in [0.3, 0.4) is 0 Å². The van der Waals surface area contributed by atoms with Crippen molar-refractivity contribution in [2.75, 3.05) is 6.54 Å². The number of amides is 1. The van der Waals surface area contributed by atoms with Crippen LogP contribution in [0, 0.1) is 0 Å². The van der Waals surface area contributed by atoms with E-state index in [1.165, 1.54) is 36.7 Å². The number of nitrogens with zero attached hydrogens (tertiary/aromatic N) is 1. The lowest BCUT2D eigenvalue weighted by atomic mass is 10.1. The number of aryl methyl sites for hydroxylation is 1. The molecule has 2 rings (SSSR count). The first kappa shape index (κ1) is 19.8. The zero-order valence-corrected chi connectivity index (χ0v) is 15.7. The highest BCUT2D eigenvalue weighted by Gasteiger charge is 2.10. The van der Waals surface area contributed by atoms with Crippen molar-refractivity contribution >= 4 is 17.0 Å². The van der Waals surface area contributed by atoms with Gasteiger partial charge in [0, 0.05) is 19.2 Å². The second-order valence-corrected chi connectivity index (χ2v) is 6.38. The Bertz CT molecular complexity index is 827. The predicted molar refractivity (Wildman–Crippen MR) is 105 cm³/mol. The molecule has 1 aromatic carbocycles. The number of carbonyl (C=O) groups excluding carboxylic acids is 1. The van der Waals surface area contributed by atoms with Gasteiger partial charge >= 0.3 is 5.76 Å². The summed E-state index contributed by atoms with van der Waals surface area (Å²) in [6, 6.07) is 4.96. The van der Waals surface area contributed by atoms with E-state index < -0.39 is 5.76 Å². The standard InChI is InChI=1S/C21H28N2O3/c1-3-4-5-6-7-8-9-10-11-12-15-22-20(24)17-13-14-19-18(16-17)23(2)21(25)26-19/h9-14,16H,3-8,15H2,1-2H3,(H,22,24)/b10-9+,12-11+. The van der Waals surface area contributed by atoms with Crippen molar-refractivity contribution in [2.24, 2.45) is 7.05 Å². The van der Waals surface area contributed by atoms with Gasteiger partial charge in [-0.25, -0.2) is 4.79 Å². The summed E-state index contributed by atoms with van der Waals surface area (Å²) in [5, 5.41) is 2.84. The molecule has 1 N–H and O–H groups in total. The van der Waals surface area contributed by atoms with Crippen LogP contribution in [-0.4, -0.2) is 17.0 Å². The lowest BCUT2D eigenvalue weighted by Crippen LogP contribution is -2.23. The molecule has 1 amide bonds. The highest BCUT2D eigenvalue weighted by molar-refractivity contribution is 5.97. The van der Waals surface area contributed by atoms with Crippen LogP contribution < -0.4 is 11.1 Å². The number of benzene rings is 1. The number of oxazole rings is 1. The number of allylic oxidation sites excluding steroid dienone is 3. The average molecular weight is 356 g/mol. The van der Waals surface area contributed by atoms with Gasteiger partial charge in [-0.3, -0.25) is 9.36 Å². The summed E-state index contributed by atoms with van der Waals surface area (Å²) in [6.07, 6.45) is 15.6. The molecule has 0 radical (unpaired) electrons. The van der Waals surface area contributed by atoms with Gasteiger partial charge in [0.25, 0.3) is 5.91 Å². The number of carbonyl (C=O) groups is 1. The quantitative estimate of drug-likeness (QED) is 0.509. The van der Waals surface area contributed by atoms with Gasteiger partial charge in [0.15, 0.2) is 5.58 Å². The highest BCUT2D eigenvalue weighted by atomic mass is 16.4. The van der Waals surface area contributed by atoms with Gasteiger partial charge in [-0.2, -0.15) is 0 Å². The van der Waals surface area contributed by atoms with E-state index >= 15 is 0 Å². The molecule has 140 valence electrons. The summed E-state index contributed by atoms with van der Waals surface area (Å²) < 4.78 is 6.45. The molecule has 0 unspecified atom stereocenters. The van der Waals surface area contributed by atoms with E-state index in [0.29, 0.717) is 23.2 Å². The number of fused-ring (bicyclic) bond motifs is 1. The molecule has 5 heteroatoms. The van der Waals surface area contributed by atoms with E-state index in [0.717, 1.165) is 6.42 Å². The third-order valence-electron chi connectivity index (χ3n) is 4.29. The second kappa shape index (κ2) is 10.4. The number of rotatable bonds is 10. The van der Waals surface area contributed by atoms with Crippen LogP contribution in [0.25, 0.3) is 11.1 Å². The fraction of sp³-hybridized carbons (Fsp3) is 0.429. The molecule has 0 bridgehead atoms. The molecule has 0 fully saturated rings. The molecule has 0 spiro atoms. The van der Waals surface area contributed by atoms with Crippen molar-refractivity contribution in [1.82, 2.24) is 9.88 Å². The molecule has 0 aliphatic heterocycles. The third kappa shape index (κ3) is 5.76. The zero-order valence-electron chi connectivity index (χ0n) is 15.7. The van der Waals surface area contributed by atoms with Crippen LogP contribution in [0.1, 0.15) is 55.8 Å². The fourth-order valence-corrected chi connectivity index (χ4v) is 2.71. The smallest absolute Gasteiger partial charge is 0.408 e. The maximum atomic E-state index is 12.2. The monoisotopic (exact) mass is 356 g/mol. The van der Waals surface area contributed by atoms with Crippen molar-refractivity contribution < 1.29 is 9.21 Å². The van der Waals surface area contributed by atoms with Crippen molar-refractivity contribution in [3.63, 3.8) is 0 Å². The number of aromatic nitrogens is 1. The Kier molecular flexibility index (Phi) is 7.93. The Morgan fingerprint density at radius 3 is 2.73 bits per heavy atom. The minimum absolute atomic E-state index is 0.176. The first-order chi connectivity index (χ1) is 12.6. The molecule has 0 aliphatic rings. The van der Waals surface area contributed by atoms with Crippen molar-refractivity contribution in [2.45, 2.75) is 45.4 Å². The van der Waals surface area contributed by atoms with E-state index in [4.69, 9.17) is 4.42 Å². The SMILES string of the molecule is CCCCCCC/C=C/C=C/CNC(=O)c1ccc2oc(=O)n(C)c2c1. The molecule has 0 aliphatic carbocycles. The molecule has 2 aromatic rings. The molecule has 0 atom stereocenters. The Morgan fingerprint density at radius 2 is 1.92 bits per heavy atom. The molecule has 0 saturated carbocycles. The maximum Gasteiger partial charge on any atom is 0.419 e. The van der Waals surface area contributed by atoms with Crippen LogP contribution in [0.5, 0.6) is 0 Å². The molecule has 0 saturated heterocycles. The van der Waals surface area contributed by atoms with Crippen LogP contribution in [0.4, 0.5) is 0 Å². The molecular weight excluding hydrogens is 328 g/mol. The predicted octanol–water partition coefficient (Wildman–Crippen LogP) is 4.33. The average Bonchev–Trinajstić information content (AvgIpc) is 2.93. The lowest BCUT2D eigenvalue weighted by Gasteiger charge is -2.02. The summed E-state index contributed by atoms with van der Waals surface area (Å²) in [7, 11) is 1.62. The fourth-order valence-electron chi connectivity index (χ4n) is 2.71. The topological polar surface area (TPSA) is 64.2 Å². The number of nitrogens with one attached hydrogen (secondary N) is 1. The molecule has 5 nitrogen and oxygen atoms in total. The molecule has 1 aromatic heterocycles. The van der Waals surface area contributed by atoms with Crippen molar-refractivity contribution in [1.29, 1.82) is 0 Å². The number of hydrogen-bond donors (Lipinski definition) is 1. The largest absolute Gasteiger partial charge is 0.419 e. The number of unbranched alkanes of at least 4 members (excludes halogenated alkanes) is 5. The third-order valence-corrected chi connectivity index (χ3v) is 4.29. The first-order valence-electron chi connectivity index (χ1n) is 9.33. The zero-order chi connectivity index (χ0) is 18.8. The molecule has 1 heterocycles. The highest BCUT2D eigenvalue weighted by Crippen LogP contribution is 2.14. The second-order valence-electron chi connectivity index (χ2n) is 6.38. The summed E-state index contributed by atoms with van der Waals surface area (Å²) in [5.74, 6) is -0.609. The first-order valence-corrected chi connectivity index (χ1v) is 9.33. The van der Waals surface area contributed by atoms with Gasteiger partial charge < -0.3 is 9.73 Å². The van der Waals surface area contributed by atoms with Gasteiger partial charge in [0.05, 0.1) is 5.52 Å². The Hall–Kier alpha value is -2.56. The Morgan fingerprint density at radius 1 is 1.15 bits per heavy atom.